The number of rotatable bonds is 0. The molecule has 0 amide bonds. The van der Waals surface area contributed by atoms with Crippen molar-refractivity contribution in [1.29, 1.82) is 0 Å². The van der Waals surface area contributed by atoms with Gasteiger partial charge in [-0.3, -0.25) is 0 Å². The van der Waals surface area contributed by atoms with Crippen LogP contribution in [0.2, 0.25) is 0 Å². The molecular weight excluding hydrogens is 175 g/mol. The zero-order chi connectivity index (χ0) is 9.42. The van der Waals surface area contributed by atoms with E-state index in [1.54, 1.807) is 0 Å². The third kappa shape index (κ3) is 1.38. The molecule has 1 aliphatic heterocycles. The van der Waals surface area contributed by atoms with Gasteiger partial charge in [0.1, 0.15) is 0 Å². The van der Waals surface area contributed by atoms with Crippen molar-refractivity contribution in [3.63, 3.8) is 0 Å². The number of thiol groups is 1. The highest BCUT2D eigenvalue weighted by Gasteiger charge is 2.23. The van der Waals surface area contributed by atoms with Gasteiger partial charge in [-0.2, -0.15) is 12.6 Å². The van der Waals surface area contributed by atoms with E-state index in [9.17, 15) is 0 Å². The molecule has 1 aromatic rings. The van der Waals surface area contributed by atoms with Crippen LogP contribution in [0.15, 0.2) is 12.1 Å². The molecule has 63 valence electrons. The Labute approximate surface area is 85.4 Å². The van der Waals surface area contributed by atoms with E-state index in [1.807, 2.05) is 6.07 Å². The quantitative estimate of drug-likeness (QED) is 0.349. The van der Waals surface area contributed by atoms with Crippen LogP contribution in [0.1, 0.15) is 16.7 Å². The van der Waals surface area contributed by atoms with Gasteiger partial charge in [-0.15, -0.1) is 6.42 Å². The van der Waals surface area contributed by atoms with Gasteiger partial charge in [0.25, 0.3) is 0 Å². The molecule has 1 heterocycles. The van der Waals surface area contributed by atoms with Gasteiger partial charge in [0.15, 0.2) is 7.28 Å². The van der Waals surface area contributed by atoms with Gasteiger partial charge in [-0.1, -0.05) is 17.4 Å². The van der Waals surface area contributed by atoms with Crippen LogP contribution in [0.5, 0.6) is 0 Å². The lowest BCUT2D eigenvalue weighted by molar-refractivity contribution is 1.11. The number of benzene rings is 1. The summed E-state index contributed by atoms with van der Waals surface area (Å²) in [5.74, 6) is 2.71. The van der Waals surface area contributed by atoms with E-state index in [-0.39, 0.29) is 0 Å². The van der Waals surface area contributed by atoms with Crippen molar-refractivity contribution in [2.75, 3.05) is 0 Å². The normalized spacial score (nSPS) is 19.0. The van der Waals surface area contributed by atoms with E-state index in [0.717, 1.165) is 12.0 Å². The molecule has 0 bridgehead atoms. The van der Waals surface area contributed by atoms with E-state index >= 15 is 0 Å². The first kappa shape index (κ1) is 8.78. The molecule has 0 N–H and O–H groups in total. The molecule has 2 heteroatoms. The Hall–Kier alpha value is -0.805. The molecule has 1 atom stereocenters. The van der Waals surface area contributed by atoms with Crippen molar-refractivity contribution < 1.29 is 0 Å². The zero-order valence-electron chi connectivity index (χ0n) is 7.54. The highest BCUT2D eigenvalue weighted by atomic mass is 32.1. The van der Waals surface area contributed by atoms with Crippen molar-refractivity contribution in [2.45, 2.75) is 18.5 Å². The fraction of sp³-hybridized carbons (Fsp3) is 0.273. The third-order valence-electron chi connectivity index (χ3n) is 2.52. The van der Waals surface area contributed by atoms with Gasteiger partial charge in [0, 0.05) is 5.56 Å². The Bertz CT molecular complexity index is 390. The molecule has 0 saturated heterocycles. The summed E-state index contributed by atoms with van der Waals surface area (Å²) in [5, 5.41) is 0.336. The predicted octanol–water partition coefficient (Wildman–Crippen LogP) is 1.12. The smallest absolute Gasteiger partial charge is 0.170 e. The fourth-order valence-corrected chi connectivity index (χ4v) is 2.15. The van der Waals surface area contributed by atoms with Crippen LogP contribution in [0.25, 0.3) is 0 Å². The average Bonchev–Trinajstić information content (AvgIpc) is 2.48. The summed E-state index contributed by atoms with van der Waals surface area (Å²) in [4.78, 5) is 0. The summed E-state index contributed by atoms with van der Waals surface area (Å²) in [6, 6.07) is 4.10. The molecule has 1 aromatic carbocycles. The monoisotopic (exact) mass is 185 g/mol. The lowest BCUT2D eigenvalue weighted by atomic mass is 9.69. The second-order valence-corrected chi connectivity index (χ2v) is 4.07. The fourth-order valence-electron chi connectivity index (χ4n) is 1.82. The molecule has 1 radical (unpaired) electrons. The second kappa shape index (κ2) is 3.16. The first-order valence-corrected chi connectivity index (χ1v) is 4.86. The zero-order valence-corrected chi connectivity index (χ0v) is 8.44. The Kier molecular flexibility index (Phi) is 2.13. The van der Waals surface area contributed by atoms with E-state index in [2.05, 4.69) is 38.8 Å². The Morgan fingerprint density at radius 2 is 2.38 bits per heavy atom. The first-order chi connectivity index (χ1) is 6.22. The maximum Gasteiger partial charge on any atom is 0.170 e. The van der Waals surface area contributed by atoms with Crippen molar-refractivity contribution in [1.82, 2.24) is 0 Å². The molecule has 0 spiro atoms. The molecular formula is C11H10BS. The van der Waals surface area contributed by atoms with Crippen LogP contribution < -0.4 is 5.46 Å². The number of hydrogen-bond donors (Lipinski definition) is 1. The SMILES string of the molecule is C#Cc1ccc(C)c2c1[B]C(S)C2. The van der Waals surface area contributed by atoms with Gasteiger partial charge >= 0.3 is 0 Å². The lowest BCUT2D eigenvalue weighted by Gasteiger charge is -2.05. The average molecular weight is 185 g/mol. The third-order valence-corrected chi connectivity index (χ3v) is 2.85. The number of hydrogen-bond acceptors (Lipinski definition) is 1. The van der Waals surface area contributed by atoms with Gasteiger partial charge in [0.05, 0.1) is 0 Å². The number of fused-ring (bicyclic) bond motifs is 1. The van der Waals surface area contributed by atoms with E-state index < -0.39 is 0 Å². The highest BCUT2D eigenvalue weighted by Crippen LogP contribution is 2.18. The van der Waals surface area contributed by atoms with Gasteiger partial charge in [-0.05, 0) is 35.7 Å². The maximum absolute atomic E-state index is 5.42. The summed E-state index contributed by atoms with van der Waals surface area (Å²) in [6.07, 6.45) is 6.44. The number of aryl methyl sites for hydroxylation is 1. The predicted molar refractivity (Wildman–Crippen MR) is 61.0 cm³/mol. The van der Waals surface area contributed by atoms with Crippen molar-refractivity contribution >= 4 is 25.4 Å². The Balaban J connectivity index is 2.60. The van der Waals surface area contributed by atoms with Crippen LogP contribution >= 0.6 is 12.6 Å². The molecule has 1 unspecified atom stereocenters. The van der Waals surface area contributed by atoms with Crippen LogP contribution in [0.3, 0.4) is 0 Å². The lowest BCUT2D eigenvalue weighted by Crippen LogP contribution is -2.20. The second-order valence-electron chi connectivity index (χ2n) is 3.40. The van der Waals surface area contributed by atoms with E-state index in [0.29, 0.717) is 5.15 Å². The largest absolute Gasteiger partial charge is 0.184 e. The summed E-state index contributed by atoms with van der Waals surface area (Å²) in [5.41, 5.74) is 4.91. The first-order valence-electron chi connectivity index (χ1n) is 4.34. The summed E-state index contributed by atoms with van der Waals surface area (Å²) >= 11 is 4.45. The molecule has 0 aromatic heterocycles. The topological polar surface area (TPSA) is 0 Å². The minimum Gasteiger partial charge on any atom is -0.184 e. The highest BCUT2D eigenvalue weighted by molar-refractivity contribution is 7.82. The number of terminal acetylenes is 1. The van der Waals surface area contributed by atoms with Crippen LogP contribution in [0.4, 0.5) is 0 Å². The molecule has 0 aliphatic carbocycles. The van der Waals surface area contributed by atoms with Crippen molar-refractivity contribution in [3.05, 3.63) is 28.8 Å². The summed E-state index contributed by atoms with van der Waals surface area (Å²) in [7, 11) is 2.15. The Morgan fingerprint density at radius 1 is 1.62 bits per heavy atom. The standard InChI is InChI=1S/C11H10BS/c1-3-8-5-4-7(2)9-6-10(13)12-11(8)9/h1,4-5,10,13H,6H2,2H3. The van der Waals surface area contributed by atoms with Crippen molar-refractivity contribution in [3.8, 4) is 12.3 Å². The molecule has 0 fully saturated rings. The van der Waals surface area contributed by atoms with E-state index in [1.165, 1.54) is 16.6 Å². The summed E-state index contributed by atoms with van der Waals surface area (Å²) in [6.45, 7) is 2.12. The van der Waals surface area contributed by atoms with Crippen LogP contribution in [-0.2, 0) is 6.42 Å². The minimum absolute atomic E-state index is 0.336. The molecule has 13 heavy (non-hydrogen) atoms. The maximum atomic E-state index is 5.42. The van der Waals surface area contributed by atoms with Gasteiger partial charge in [-0.25, -0.2) is 0 Å². The minimum atomic E-state index is 0.336. The van der Waals surface area contributed by atoms with Crippen LogP contribution in [0, 0.1) is 19.3 Å². The molecule has 0 saturated carbocycles. The molecule has 0 nitrogen and oxygen atoms in total. The summed E-state index contributed by atoms with van der Waals surface area (Å²) < 4.78 is 0. The van der Waals surface area contributed by atoms with Crippen molar-refractivity contribution in [2.24, 2.45) is 0 Å². The molecule has 2 rings (SSSR count). The van der Waals surface area contributed by atoms with E-state index in [4.69, 9.17) is 6.42 Å². The molecule has 1 aliphatic rings. The van der Waals surface area contributed by atoms with Crippen LogP contribution in [-0.4, -0.2) is 12.4 Å². The Morgan fingerprint density at radius 3 is 3.08 bits per heavy atom. The van der Waals surface area contributed by atoms with Gasteiger partial charge in [0.2, 0.25) is 0 Å². The van der Waals surface area contributed by atoms with Gasteiger partial charge < -0.3 is 0 Å².